The Balaban J connectivity index is 1.67. The van der Waals surface area contributed by atoms with Gasteiger partial charge in [-0.15, -0.1) is 0 Å². The summed E-state index contributed by atoms with van der Waals surface area (Å²) in [6.45, 7) is 6.28. The van der Waals surface area contributed by atoms with E-state index in [0.717, 1.165) is 12.8 Å². The highest BCUT2D eigenvalue weighted by Crippen LogP contribution is 2.27. The second-order valence-corrected chi connectivity index (χ2v) is 7.32. The lowest BCUT2D eigenvalue weighted by Crippen LogP contribution is -2.41. The fraction of sp³-hybridized carbons (Fsp3) is 0.938. The molecule has 0 bridgehead atoms. The summed E-state index contributed by atoms with van der Waals surface area (Å²) in [7, 11) is 0. The number of nitrogens with one attached hydrogen (secondary N) is 2. The van der Waals surface area contributed by atoms with E-state index in [1.54, 1.807) is 0 Å². The average Bonchev–Trinajstić information content (AvgIpc) is 3.03. The molecular formula is C16H30N2O3. The van der Waals surface area contributed by atoms with E-state index in [1.165, 1.54) is 32.1 Å². The van der Waals surface area contributed by atoms with Gasteiger partial charge in [0.05, 0.1) is 6.10 Å². The Morgan fingerprint density at radius 1 is 1.10 bits per heavy atom. The fourth-order valence-corrected chi connectivity index (χ4v) is 3.15. The monoisotopic (exact) mass is 298 g/mol. The van der Waals surface area contributed by atoms with Gasteiger partial charge in [0.2, 0.25) is 0 Å². The van der Waals surface area contributed by atoms with Crippen LogP contribution >= 0.6 is 0 Å². The molecule has 0 aliphatic heterocycles. The molecule has 2 atom stereocenters. The first kappa shape index (κ1) is 16.6. The van der Waals surface area contributed by atoms with Crippen LogP contribution in [0.3, 0.4) is 0 Å². The molecule has 2 aliphatic carbocycles. The summed E-state index contributed by atoms with van der Waals surface area (Å²) in [5.41, 5.74) is 2.81. The number of ether oxygens (including phenoxy) is 1. The van der Waals surface area contributed by atoms with Gasteiger partial charge in [-0.2, -0.15) is 5.48 Å². The molecule has 0 aromatic heterocycles. The zero-order chi connectivity index (χ0) is 15.3. The fourth-order valence-electron chi connectivity index (χ4n) is 3.15. The maximum Gasteiger partial charge on any atom is 0.407 e. The summed E-state index contributed by atoms with van der Waals surface area (Å²) < 4.78 is 5.27. The molecule has 2 aliphatic rings. The second kappa shape index (κ2) is 7.45. The number of hydrogen-bond acceptors (Lipinski definition) is 4. The van der Waals surface area contributed by atoms with E-state index in [2.05, 4.69) is 10.8 Å². The molecule has 2 rings (SSSR count). The summed E-state index contributed by atoms with van der Waals surface area (Å²) in [6.07, 6.45) is 8.37. The molecular weight excluding hydrogens is 268 g/mol. The molecule has 122 valence electrons. The highest BCUT2D eigenvalue weighted by molar-refractivity contribution is 5.67. The Kier molecular flexibility index (Phi) is 5.88. The van der Waals surface area contributed by atoms with Crippen molar-refractivity contribution in [1.82, 2.24) is 10.8 Å². The van der Waals surface area contributed by atoms with Crippen molar-refractivity contribution in [2.45, 2.75) is 83.5 Å². The zero-order valence-corrected chi connectivity index (χ0v) is 13.6. The number of hydroxylamine groups is 1. The minimum Gasteiger partial charge on any atom is -0.444 e. The van der Waals surface area contributed by atoms with Gasteiger partial charge in [-0.1, -0.05) is 19.3 Å². The number of carbonyl (C=O) groups excluding carboxylic acids is 1. The van der Waals surface area contributed by atoms with E-state index in [9.17, 15) is 4.79 Å². The first-order valence-electron chi connectivity index (χ1n) is 8.32. The first-order valence-corrected chi connectivity index (χ1v) is 8.32. The van der Waals surface area contributed by atoms with Crippen LogP contribution in [0, 0.1) is 5.92 Å². The van der Waals surface area contributed by atoms with Crippen molar-refractivity contribution in [1.29, 1.82) is 0 Å². The topological polar surface area (TPSA) is 59.6 Å². The number of hydrogen-bond donors (Lipinski definition) is 2. The molecule has 0 aromatic rings. The highest BCUT2D eigenvalue weighted by Gasteiger charge is 2.29. The largest absolute Gasteiger partial charge is 0.444 e. The summed E-state index contributed by atoms with van der Waals surface area (Å²) in [6, 6.07) is 0.348. The third-order valence-corrected chi connectivity index (χ3v) is 4.25. The van der Waals surface area contributed by atoms with Gasteiger partial charge in [-0.3, -0.25) is 4.84 Å². The van der Waals surface area contributed by atoms with Gasteiger partial charge in [0.1, 0.15) is 5.60 Å². The molecule has 5 nitrogen and oxygen atoms in total. The third-order valence-electron chi connectivity index (χ3n) is 4.25. The van der Waals surface area contributed by atoms with E-state index in [4.69, 9.17) is 9.57 Å². The highest BCUT2D eigenvalue weighted by atomic mass is 16.7. The van der Waals surface area contributed by atoms with Gasteiger partial charge in [0.25, 0.3) is 0 Å². The number of carbonyl (C=O) groups is 1. The number of rotatable bonds is 5. The lowest BCUT2D eigenvalue weighted by molar-refractivity contribution is -0.0465. The van der Waals surface area contributed by atoms with Crippen LogP contribution in [0.15, 0.2) is 0 Å². The van der Waals surface area contributed by atoms with Gasteiger partial charge in [0, 0.05) is 12.6 Å². The van der Waals surface area contributed by atoms with Crippen molar-refractivity contribution < 1.29 is 14.4 Å². The van der Waals surface area contributed by atoms with E-state index in [0.29, 0.717) is 24.6 Å². The Labute approximate surface area is 128 Å². The van der Waals surface area contributed by atoms with Crippen molar-refractivity contribution in [3.8, 4) is 0 Å². The van der Waals surface area contributed by atoms with E-state index < -0.39 is 5.60 Å². The summed E-state index contributed by atoms with van der Waals surface area (Å²) in [4.78, 5) is 17.5. The lowest BCUT2D eigenvalue weighted by Gasteiger charge is -2.24. The quantitative estimate of drug-likeness (QED) is 0.766. The maximum absolute atomic E-state index is 11.7. The predicted molar refractivity (Wildman–Crippen MR) is 81.8 cm³/mol. The van der Waals surface area contributed by atoms with Crippen LogP contribution in [0.5, 0.6) is 0 Å². The molecule has 0 spiro atoms. The van der Waals surface area contributed by atoms with E-state index in [-0.39, 0.29) is 6.09 Å². The Morgan fingerprint density at radius 3 is 2.48 bits per heavy atom. The number of amides is 1. The normalized spacial score (nSPS) is 27.0. The predicted octanol–water partition coefficient (Wildman–Crippen LogP) is 3.14. The van der Waals surface area contributed by atoms with Gasteiger partial charge in [-0.05, 0) is 52.4 Å². The zero-order valence-electron chi connectivity index (χ0n) is 13.6. The molecule has 0 saturated heterocycles. The molecule has 2 fully saturated rings. The summed E-state index contributed by atoms with van der Waals surface area (Å²) >= 11 is 0. The summed E-state index contributed by atoms with van der Waals surface area (Å²) in [5, 5.41) is 2.88. The standard InChI is InChI=1S/C16H30N2O3/c1-16(2,3)20-15(19)17-11-12-7-6-10-14(12)18-21-13-8-4-5-9-13/h12-14,18H,4-11H2,1-3H3,(H,17,19). The van der Waals surface area contributed by atoms with Crippen LogP contribution < -0.4 is 10.8 Å². The number of alkyl carbamates (subject to hydrolysis) is 1. The molecule has 2 N–H and O–H groups in total. The van der Waals surface area contributed by atoms with Crippen molar-refractivity contribution in [2.24, 2.45) is 5.92 Å². The van der Waals surface area contributed by atoms with Crippen LogP contribution in [-0.2, 0) is 9.57 Å². The van der Waals surface area contributed by atoms with Gasteiger partial charge < -0.3 is 10.1 Å². The maximum atomic E-state index is 11.7. The van der Waals surface area contributed by atoms with Crippen molar-refractivity contribution in [2.75, 3.05) is 6.54 Å². The van der Waals surface area contributed by atoms with Crippen LogP contribution in [0.1, 0.15) is 65.7 Å². The molecule has 0 aromatic carbocycles. The van der Waals surface area contributed by atoms with Crippen molar-refractivity contribution in [3.05, 3.63) is 0 Å². The Hall–Kier alpha value is -0.810. The molecule has 2 unspecified atom stereocenters. The van der Waals surface area contributed by atoms with E-state index >= 15 is 0 Å². The minimum absolute atomic E-state index is 0.329. The summed E-state index contributed by atoms with van der Waals surface area (Å²) in [5.74, 6) is 0.430. The molecule has 0 heterocycles. The van der Waals surface area contributed by atoms with E-state index in [1.807, 2.05) is 20.8 Å². The van der Waals surface area contributed by atoms with Crippen molar-refractivity contribution in [3.63, 3.8) is 0 Å². The smallest absolute Gasteiger partial charge is 0.407 e. The average molecular weight is 298 g/mol. The third kappa shape index (κ3) is 5.83. The Bertz CT molecular complexity index is 335. The van der Waals surface area contributed by atoms with Crippen LogP contribution in [0.25, 0.3) is 0 Å². The van der Waals surface area contributed by atoms with Crippen molar-refractivity contribution >= 4 is 6.09 Å². The lowest BCUT2D eigenvalue weighted by atomic mass is 10.0. The van der Waals surface area contributed by atoms with Gasteiger partial charge in [0.15, 0.2) is 0 Å². The molecule has 1 amide bonds. The van der Waals surface area contributed by atoms with Gasteiger partial charge in [-0.25, -0.2) is 4.79 Å². The van der Waals surface area contributed by atoms with Gasteiger partial charge >= 0.3 is 6.09 Å². The molecule has 21 heavy (non-hydrogen) atoms. The minimum atomic E-state index is -0.441. The molecule has 0 radical (unpaired) electrons. The van der Waals surface area contributed by atoms with Crippen LogP contribution in [0.4, 0.5) is 4.79 Å². The SMILES string of the molecule is CC(C)(C)OC(=O)NCC1CCCC1NOC1CCCC1. The molecule has 2 saturated carbocycles. The first-order chi connectivity index (χ1) is 9.94. The van der Waals surface area contributed by atoms with Crippen LogP contribution in [0.2, 0.25) is 0 Å². The molecule has 5 heteroatoms. The Morgan fingerprint density at radius 2 is 1.81 bits per heavy atom. The van der Waals surface area contributed by atoms with Crippen LogP contribution in [-0.4, -0.2) is 30.4 Å². The second-order valence-electron chi connectivity index (χ2n) is 7.32.